The molecule has 120 valence electrons. The Balaban J connectivity index is 2.28. The van der Waals surface area contributed by atoms with Gasteiger partial charge in [0.25, 0.3) is 0 Å². The van der Waals surface area contributed by atoms with Crippen molar-refractivity contribution >= 4 is 39.6 Å². The monoisotopic (exact) mass is 340 g/mol. The lowest BCUT2D eigenvalue weighted by molar-refractivity contribution is 1.11. The van der Waals surface area contributed by atoms with E-state index in [1.54, 1.807) is 11.3 Å². The van der Waals surface area contributed by atoms with E-state index in [0.29, 0.717) is 0 Å². The van der Waals surface area contributed by atoms with Crippen LogP contribution in [-0.4, -0.2) is 8.07 Å². The zero-order chi connectivity index (χ0) is 16.6. The normalized spacial score (nSPS) is 12.2. The molecular formula is C20H24OSSi. The van der Waals surface area contributed by atoms with Crippen molar-refractivity contribution in [1.82, 2.24) is 0 Å². The summed E-state index contributed by atoms with van der Waals surface area (Å²) in [6.45, 7) is 9.30. The van der Waals surface area contributed by atoms with Crippen molar-refractivity contribution in [3.05, 3.63) is 57.7 Å². The van der Waals surface area contributed by atoms with Crippen molar-refractivity contribution in [1.29, 1.82) is 0 Å². The Kier molecular flexibility index (Phi) is 4.43. The molecule has 3 rings (SSSR count). The second-order valence-electron chi connectivity index (χ2n) is 7.43. The molecule has 0 amide bonds. The topological polar surface area (TPSA) is 17.1 Å². The highest BCUT2D eigenvalue weighted by atomic mass is 32.1. The SMILES string of the molecule is CCc1cccc2sc3cccc(CC[Si](C)(C)C)c3c(=O)c12. The van der Waals surface area contributed by atoms with E-state index in [0.717, 1.165) is 33.0 Å². The van der Waals surface area contributed by atoms with Gasteiger partial charge in [-0.15, -0.1) is 11.3 Å². The average Bonchev–Trinajstić information content (AvgIpc) is 2.51. The molecule has 0 saturated heterocycles. The molecule has 0 atom stereocenters. The van der Waals surface area contributed by atoms with Gasteiger partial charge in [-0.2, -0.15) is 0 Å². The molecule has 1 aromatic heterocycles. The van der Waals surface area contributed by atoms with Crippen molar-refractivity contribution in [2.24, 2.45) is 0 Å². The molecule has 0 fully saturated rings. The van der Waals surface area contributed by atoms with Crippen molar-refractivity contribution in [2.45, 2.75) is 45.5 Å². The van der Waals surface area contributed by atoms with E-state index < -0.39 is 8.07 Å². The van der Waals surface area contributed by atoms with Crippen LogP contribution in [0.3, 0.4) is 0 Å². The van der Waals surface area contributed by atoms with E-state index in [2.05, 4.69) is 63.0 Å². The summed E-state index contributed by atoms with van der Waals surface area (Å²) >= 11 is 1.75. The summed E-state index contributed by atoms with van der Waals surface area (Å²) in [5.41, 5.74) is 2.64. The van der Waals surface area contributed by atoms with Crippen LogP contribution in [0.2, 0.25) is 25.7 Å². The Hall–Kier alpha value is -1.45. The first-order valence-corrected chi connectivity index (χ1v) is 12.9. The Bertz CT molecular complexity index is 918. The first-order chi connectivity index (χ1) is 10.9. The molecule has 0 radical (unpaired) electrons. The molecule has 0 unspecified atom stereocenters. The number of rotatable bonds is 4. The van der Waals surface area contributed by atoms with Gasteiger partial charge in [0, 0.05) is 28.2 Å². The number of fused-ring (bicyclic) bond motifs is 2. The third-order valence-electron chi connectivity index (χ3n) is 4.42. The summed E-state index contributed by atoms with van der Waals surface area (Å²) in [6, 6.07) is 13.8. The standard InChI is InChI=1S/C20H24OSSi/c1-5-14-8-6-10-16-18(14)20(21)19-15(12-13-23(2,3)4)9-7-11-17(19)22-16/h6-11H,5,12-13H2,1-4H3. The third-order valence-corrected chi connectivity index (χ3v) is 7.29. The fourth-order valence-corrected chi connectivity index (χ4v) is 5.30. The van der Waals surface area contributed by atoms with Gasteiger partial charge in [-0.1, -0.05) is 56.9 Å². The summed E-state index contributed by atoms with van der Waals surface area (Å²) < 4.78 is 2.24. The van der Waals surface area contributed by atoms with Crippen LogP contribution in [0.4, 0.5) is 0 Å². The van der Waals surface area contributed by atoms with Gasteiger partial charge in [0.15, 0.2) is 5.43 Å². The van der Waals surface area contributed by atoms with E-state index in [1.165, 1.54) is 17.2 Å². The maximum atomic E-state index is 13.2. The van der Waals surface area contributed by atoms with Gasteiger partial charge in [-0.25, -0.2) is 0 Å². The van der Waals surface area contributed by atoms with Crippen LogP contribution >= 0.6 is 11.3 Å². The molecule has 0 aliphatic rings. The van der Waals surface area contributed by atoms with Gasteiger partial charge >= 0.3 is 0 Å². The van der Waals surface area contributed by atoms with Crippen LogP contribution in [-0.2, 0) is 12.8 Å². The molecule has 0 spiro atoms. The maximum Gasteiger partial charge on any atom is 0.196 e. The molecule has 3 heteroatoms. The molecule has 0 aliphatic heterocycles. The van der Waals surface area contributed by atoms with Crippen molar-refractivity contribution in [3.8, 4) is 0 Å². The third kappa shape index (κ3) is 3.26. The fraction of sp³-hybridized carbons (Fsp3) is 0.350. The average molecular weight is 341 g/mol. The Morgan fingerprint density at radius 3 is 2.04 bits per heavy atom. The first-order valence-electron chi connectivity index (χ1n) is 8.37. The summed E-state index contributed by atoms with van der Waals surface area (Å²) in [6.07, 6.45) is 1.93. The molecule has 1 nitrogen and oxygen atoms in total. The Labute approximate surface area is 143 Å². The highest BCUT2D eigenvalue weighted by Crippen LogP contribution is 2.29. The molecule has 3 aromatic rings. The van der Waals surface area contributed by atoms with Gasteiger partial charge in [0.05, 0.1) is 0 Å². The van der Waals surface area contributed by atoms with E-state index in [4.69, 9.17) is 0 Å². The highest BCUT2D eigenvalue weighted by molar-refractivity contribution is 7.24. The van der Waals surface area contributed by atoms with Gasteiger partial charge in [0.2, 0.25) is 0 Å². The molecule has 0 bridgehead atoms. The van der Waals surface area contributed by atoms with E-state index in [9.17, 15) is 4.79 Å². The Morgan fingerprint density at radius 1 is 0.913 bits per heavy atom. The molecule has 23 heavy (non-hydrogen) atoms. The van der Waals surface area contributed by atoms with Gasteiger partial charge in [-0.3, -0.25) is 4.79 Å². The van der Waals surface area contributed by atoms with Gasteiger partial charge in [0.1, 0.15) is 0 Å². The van der Waals surface area contributed by atoms with Crippen LogP contribution < -0.4 is 5.43 Å². The highest BCUT2D eigenvalue weighted by Gasteiger charge is 2.16. The minimum Gasteiger partial charge on any atom is -0.288 e. The molecular weight excluding hydrogens is 316 g/mol. The second-order valence-corrected chi connectivity index (χ2v) is 14.1. The lowest BCUT2D eigenvalue weighted by Crippen LogP contribution is -2.20. The van der Waals surface area contributed by atoms with Crippen molar-refractivity contribution in [3.63, 3.8) is 0 Å². The number of benzene rings is 2. The predicted molar refractivity (Wildman–Crippen MR) is 107 cm³/mol. The molecule has 0 aliphatic carbocycles. The zero-order valence-corrected chi connectivity index (χ0v) is 16.2. The van der Waals surface area contributed by atoms with Crippen molar-refractivity contribution in [2.75, 3.05) is 0 Å². The largest absolute Gasteiger partial charge is 0.288 e. The second kappa shape index (κ2) is 6.21. The van der Waals surface area contributed by atoms with E-state index in [-0.39, 0.29) is 5.43 Å². The molecule has 1 heterocycles. The van der Waals surface area contributed by atoms with E-state index in [1.807, 2.05) is 0 Å². The smallest absolute Gasteiger partial charge is 0.196 e. The maximum absolute atomic E-state index is 13.2. The first kappa shape index (κ1) is 16.4. The molecule has 0 saturated carbocycles. The predicted octanol–water partition coefficient (Wildman–Crippen LogP) is 5.86. The lowest BCUT2D eigenvalue weighted by atomic mass is 10.0. The van der Waals surface area contributed by atoms with Crippen molar-refractivity contribution < 1.29 is 0 Å². The van der Waals surface area contributed by atoms with Crippen LogP contribution in [0, 0.1) is 0 Å². The minimum absolute atomic E-state index is 0.234. The van der Waals surface area contributed by atoms with Crippen LogP contribution in [0.5, 0.6) is 0 Å². The van der Waals surface area contributed by atoms with Gasteiger partial charge < -0.3 is 0 Å². The number of aryl methyl sites for hydroxylation is 2. The Morgan fingerprint density at radius 2 is 1.48 bits per heavy atom. The van der Waals surface area contributed by atoms with Crippen LogP contribution in [0.1, 0.15) is 18.1 Å². The van der Waals surface area contributed by atoms with Crippen LogP contribution in [0.15, 0.2) is 41.2 Å². The summed E-state index contributed by atoms with van der Waals surface area (Å²) in [5, 5.41) is 1.90. The fourth-order valence-electron chi connectivity index (χ4n) is 3.09. The van der Waals surface area contributed by atoms with E-state index >= 15 is 0 Å². The van der Waals surface area contributed by atoms with Gasteiger partial charge in [-0.05, 0) is 36.1 Å². The van der Waals surface area contributed by atoms with Crippen LogP contribution in [0.25, 0.3) is 20.2 Å². The molecule has 0 N–H and O–H groups in total. The summed E-state index contributed by atoms with van der Waals surface area (Å²) in [5.74, 6) is 0. The summed E-state index contributed by atoms with van der Waals surface area (Å²) in [7, 11) is -1.11. The summed E-state index contributed by atoms with van der Waals surface area (Å²) in [4.78, 5) is 13.2. The number of hydrogen-bond donors (Lipinski definition) is 0. The molecule has 2 aromatic carbocycles. The quantitative estimate of drug-likeness (QED) is 0.429. The lowest BCUT2D eigenvalue weighted by Gasteiger charge is -2.16. The minimum atomic E-state index is -1.11. The zero-order valence-electron chi connectivity index (χ0n) is 14.4. The number of hydrogen-bond acceptors (Lipinski definition) is 2.